The third-order valence-corrected chi connectivity index (χ3v) is 2.19. The number of ketones is 1. The van der Waals surface area contributed by atoms with Crippen LogP contribution < -0.4 is 0 Å². The molecule has 0 aliphatic carbocycles. The molecule has 0 saturated carbocycles. The summed E-state index contributed by atoms with van der Waals surface area (Å²) in [4.78, 5) is 11.1. The summed E-state index contributed by atoms with van der Waals surface area (Å²) < 4.78 is 37.1. The zero-order chi connectivity index (χ0) is 12.5. The molecule has 6 heteroatoms. The lowest BCUT2D eigenvalue weighted by molar-refractivity contribution is -0.137. The minimum atomic E-state index is -4.59. The Labute approximate surface area is 94.2 Å². The summed E-state index contributed by atoms with van der Waals surface area (Å²) in [5.41, 5.74) is -1.59. The van der Waals surface area contributed by atoms with Crippen molar-refractivity contribution in [2.75, 3.05) is 0 Å². The molecular weight excluding hydrogens is 243 g/mol. The molecule has 0 aliphatic heterocycles. The van der Waals surface area contributed by atoms with E-state index < -0.39 is 17.5 Å². The lowest BCUT2D eigenvalue weighted by Crippen LogP contribution is -2.08. The van der Waals surface area contributed by atoms with Gasteiger partial charge in [0.15, 0.2) is 5.78 Å². The molecule has 1 aromatic rings. The van der Waals surface area contributed by atoms with Crippen LogP contribution in [0.3, 0.4) is 0 Å². The fourth-order valence-electron chi connectivity index (χ4n) is 1.22. The molecule has 0 bridgehead atoms. The van der Waals surface area contributed by atoms with E-state index in [0.29, 0.717) is 12.1 Å². The second-order valence-electron chi connectivity index (χ2n) is 3.05. The second kappa shape index (κ2) is 4.14. The zero-order valence-corrected chi connectivity index (χ0v) is 8.78. The van der Waals surface area contributed by atoms with Crippen LogP contribution in [0, 0.1) is 11.3 Å². The molecule has 0 radical (unpaired) electrons. The molecule has 1 rings (SSSR count). The molecule has 1 aromatic carbocycles. The quantitative estimate of drug-likeness (QED) is 0.714. The van der Waals surface area contributed by atoms with Gasteiger partial charge < -0.3 is 0 Å². The molecule has 0 aliphatic rings. The highest BCUT2D eigenvalue weighted by molar-refractivity contribution is 6.34. The first-order valence-corrected chi connectivity index (χ1v) is 4.47. The number of hydrogen-bond acceptors (Lipinski definition) is 2. The summed E-state index contributed by atoms with van der Waals surface area (Å²) in [5.74, 6) is -0.546. The average molecular weight is 248 g/mol. The zero-order valence-electron chi connectivity index (χ0n) is 8.02. The van der Waals surface area contributed by atoms with Gasteiger partial charge in [0, 0.05) is 0 Å². The van der Waals surface area contributed by atoms with Crippen molar-refractivity contribution in [2.45, 2.75) is 13.1 Å². The Hall–Kier alpha value is -1.54. The van der Waals surface area contributed by atoms with Gasteiger partial charge in [-0.1, -0.05) is 11.6 Å². The van der Waals surface area contributed by atoms with Crippen LogP contribution in [0.2, 0.25) is 5.02 Å². The van der Waals surface area contributed by atoms with Crippen LogP contribution in [-0.4, -0.2) is 5.78 Å². The maximum atomic E-state index is 12.4. The summed E-state index contributed by atoms with van der Waals surface area (Å²) in [6, 6.07) is 2.78. The molecule has 0 aromatic heterocycles. The Kier molecular flexibility index (Phi) is 3.24. The number of halogens is 4. The first kappa shape index (κ1) is 12.5. The highest BCUT2D eigenvalue weighted by Crippen LogP contribution is 2.33. The predicted octanol–water partition coefficient (Wildman–Crippen LogP) is 3.43. The second-order valence-corrected chi connectivity index (χ2v) is 3.45. The van der Waals surface area contributed by atoms with Gasteiger partial charge in [0.2, 0.25) is 0 Å². The van der Waals surface area contributed by atoms with Crippen molar-refractivity contribution in [1.29, 1.82) is 5.26 Å². The van der Waals surface area contributed by atoms with Gasteiger partial charge in [-0.15, -0.1) is 0 Å². The largest absolute Gasteiger partial charge is 0.416 e. The Balaban J connectivity index is 3.52. The van der Waals surface area contributed by atoms with E-state index >= 15 is 0 Å². The highest BCUT2D eigenvalue weighted by atomic mass is 35.5. The molecule has 0 spiro atoms. The Morgan fingerprint density at radius 3 is 2.38 bits per heavy atom. The number of nitrogens with zero attached hydrogens (tertiary/aromatic N) is 1. The number of nitriles is 1. The van der Waals surface area contributed by atoms with Crippen molar-refractivity contribution in [3.63, 3.8) is 0 Å². The van der Waals surface area contributed by atoms with Gasteiger partial charge in [-0.2, -0.15) is 18.4 Å². The van der Waals surface area contributed by atoms with E-state index in [0.717, 1.165) is 6.92 Å². The number of rotatable bonds is 1. The predicted molar refractivity (Wildman–Crippen MR) is 51.2 cm³/mol. The van der Waals surface area contributed by atoms with Crippen molar-refractivity contribution < 1.29 is 18.0 Å². The fraction of sp³-hybridized carbons (Fsp3) is 0.200. The van der Waals surface area contributed by atoms with Crippen molar-refractivity contribution in [2.24, 2.45) is 0 Å². The maximum absolute atomic E-state index is 12.4. The van der Waals surface area contributed by atoms with Crippen LogP contribution >= 0.6 is 11.6 Å². The minimum absolute atomic E-state index is 0.183. The lowest BCUT2D eigenvalue weighted by atomic mass is 10.0. The van der Waals surface area contributed by atoms with E-state index in [9.17, 15) is 18.0 Å². The van der Waals surface area contributed by atoms with E-state index in [1.807, 2.05) is 0 Å². The Morgan fingerprint density at radius 2 is 2.00 bits per heavy atom. The smallest absolute Gasteiger partial charge is 0.294 e. The molecular formula is C10H5ClF3NO. The first-order chi connectivity index (χ1) is 7.27. The normalized spacial score (nSPS) is 11.0. The number of benzene rings is 1. The third kappa shape index (κ3) is 2.34. The molecule has 0 fully saturated rings. The van der Waals surface area contributed by atoms with Gasteiger partial charge in [-0.3, -0.25) is 4.79 Å². The van der Waals surface area contributed by atoms with Gasteiger partial charge in [-0.05, 0) is 19.1 Å². The van der Waals surface area contributed by atoms with Crippen LogP contribution in [0.5, 0.6) is 0 Å². The van der Waals surface area contributed by atoms with E-state index in [2.05, 4.69) is 0 Å². The molecule has 0 N–H and O–H groups in total. The number of Topliss-reactive ketones (excluding diaryl/α,β-unsaturated/α-hetero) is 1. The summed E-state index contributed by atoms with van der Waals surface area (Å²) >= 11 is 5.54. The molecule has 0 saturated heterocycles. The van der Waals surface area contributed by atoms with Crippen LogP contribution in [-0.2, 0) is 6.18 Å². The summed E-state index contributed by atoms with van der Waals surface area (Å²) in [6.45, 7) is 1.13. The SMILES string of the molecule is CC(=O)c1c(Cl)cc(C(F)(F)F)cc1C#N. The van der Waals surface area contributed by atoms with Crippen LogP contribution in [0.25, 0.3) is 0 Å². The van der Waals surface area contributed by atoms with Gasteiger partial charge >= 0.3 is 6.18 Å². The number of hydrogen-bond donors (Lipinski definition) is 0. The molecule has 0 amide bonds. The maximum Gasteiger partial charge on any atom is 0.416 e. The summed E-state index contributed by atoms with van der Waals surface area (Å²) in [6.07, 6.45) is -4.59. The van der Waals surface area contributed by atoms with Crippen molar-refractivity contribution in [1.82, 2.24) is 0 Å². The Morgan fingerprint density at radius 1 is 1.44 bits per heavy atom. The van der Waals surface area contributed by atoms with Gasteiger partial charge in [0.05, 0.1) is 27.8 Å². The van der Waals surface area contributed by atoms with E-state index in [1.54, 1.807) is 0 Å². The minimum Gasteiger partial charge on any atom is -0.294 e. The third-order valence-electron chi connectivity index (χ3n) is 1.89. The van der Waals surface area contributed by atoms with E-state index in [-0.39, 0.29) is 16.1 Å². The molecule has 84 valence electrons. The lowest BCUT2D eigenvalue weighted by Gasteiger charge is -2.10. The summed E-state index contributed by atoms with van der Waals surface area (Å²) in [5, 5.41) is 8.29. The van der Waals surface area contributed by atoms with Crippen molar-refractivity contribution >= 4 is 17.4 Å². The first-order valence-electron chi connectivity index (χ1n) is 4.09. The topological polar surface area (TPSA) is 40.9 Å². The molecule has 16 heavy (non-hydrogen) atoms. The number of carbonyl (C=O) groups is 1. The molecule has 0 atom stereocenters. The highest BCUT2D eigenvalue weighted by Gasteiger charge is 2.32. The van der Waals surface area contributed by atoms with Crippen molar-refractivity contribution in [3.05, 3.63) is 33.8 Å². The van der Waals surface area contributed by atoms with Crippen LogP contribution in [0.15, 0.2) is 12.1 Å². The monoisotopic (exact) mass is 247 g/mol. The van der Waals surface area contributed by atoms with Gasteiger partial charge in [-0.25, -0.2) is 0 Å². The number of alkyl halides is 3. The van der Waals surface area contributed by atoms with Crippen molar-refractivity contribution in [3.8, 4) is 6.07 Å². The number of carbonyl (C=O) groups excluding carboxylic acids is 1. The summed E-state index contributed by atoms with van der Waals surface area (Å²) in [7, 11) is 0. The van der Waals surface area contributed by atoms with Gasteiger partial charge in [0.25, 0.3) is 0 Å². The average Bonchev–Trinajstić information content (AvgIpc) is 2.14. The van der Waals surface area contributed by atoms with Gasteiger partial charge in [0.1, 0.15) is 0 Å². The molecule has 2 nitrogen and oxygen atoms in total. The molecule has 0 heterocycles. The fourth-order valence-corrected chi connectivity index (χ4v) is 1.57. The van der Waals surface area contributed by atoms with Crippen LogP contribution in [0.1, 0.15) is 28.4 Å². The standard InChI is InChI=1S/C10H5ClF3NO/c1-5(16)9-6(4-15)2-7(3-8(9)11)10(12,13)14/h2-3H,1H3. The van der Waals surface area contributed by atoms with E-state index in [4.69, 9.17) is 16.9 Å². The molecule has 0 unspecified atom stereocenters. The van der Waals surface area contributed by atoms with Crippen LogP contribution in [0.4, 0.5) is 13.2 Å². The van der Waals surface area contributed by atoms with E-state index in [1.165, 1.54) is 6.07 Å². The Bertz CT molecular complexity index is 488.